The van der Waals surface area contributed by atoms with Crippen molar-refractivity contribution in [3.63, 3.8) is 0 Å². The second-order valence-electron chi connectivity index (χ2n) is 4.07. The standard InChI is InChI=1S/C12H14ClFN4/c1-8(10-4-3-9(14)5-11(10)13)15-6-12-16-7-17-18(12)2/h3-5,7-8,15H,6H2,1-2H3/t8-/m1/s1. The molecule has 18 heavy (non-hydrogen) atoms. The summed E-state index contributed by atoms with van der Waals surface area (Å²) < 4.78 is 14.6. The van der Waals surface area contributed by atoms with Crippen LogP contribution in [0.3, 0.4) is 0 Å². The van der Waals surface area contributed by atoms with E-state index >= 15 is 0 Å². The maximum absolute atomic E-state index is 12.9. The summed E-state index contributed by atoms with van der Waals surface area (Å²) in [6, 6.07) is 4.42. The van der Waals surface area contributed by atoms with Gasteiger partial charge in [0, 0.05) is 18.1 Å². The minimum absolute atomic E-state index is 0.00907. The molecule has 2 rings (SSSR count). The van der Waals surface area contributed by atoms with Gasteiger partial charge in [0.15, 0.2) is 0 Å². The molecule has 1 aromatic heterocycles. The molecule has 0 radical (unpaired) electrons. The molecule has 0 bridgehead atoms. The SMILES string of the molecule is C[C@@H](NCc1ncnn1C)c1ccc(F)cc1Cl. The maximum Gasteiger partial charge on any atom is 0.140 e. The van der Waals surface area contributed by atoms with Gasteiger partial charge in [0.25, 0.3) is 0 Å². The van der Waals surface area contributed by atoms with E-state index < -0.39 is 0 Å². The van der Waals surface area contributed by atoms with Crippen molar-refractivity contribution < 1.29 is 4.39 Å². The molecule has 0 aliphatic rings. The second kappa shape index (κ2) is 5.46. The fourth-order valence-corrected chi connectivity index (χ4v) is 2.02. The lowest BCUT2D eigenvalue weighted by Crippen LogP contribution is -2.20. The van der Waals surface area contributed by atoms with Crippen LogP contribution in [0.25, 0.3) is 0 Å². The van der Waals surface area contributed by atoms with Crippen molar-refractivity contribution in [2.75, 3.05) is 0 Å². The molecular formula is C12H14ClFN4. The minimum atomic E-state index is -0.329. The van der Waals surface area contributed by atoms with E-state index in [0.29, 0.717) is 11.6 Å². The topological polar surface area (TPSA) is 42.7 Å². The van der Waals surface area contributed by atoms with Gasteiger partial charge in [0.1, 0.15) is 18.0 Å². The summed E-state index contributed by atoms with van der Waals surface area (Å²) >= 11 is 6.00. The third kappa shape index (κ3) is 2.86. The van der Waals surface area contributed by atoms with E-state index in [2.05, 4.69) is 15.4 Å². The quantitative estimate of drug-likeness (QED) is 0.926. The fraction of sp³-hybridized carbons (Fsp3) is 0.333. The van der Waals surface area contributed by atoms with Gasteiger partial charge in [-0.2, -0.15) is 5.10 Å². The van der Waals surface area contributed by atoms with Crippen molar-refractivity contribution >= 4 is 11.6 Å². The van der Waals surface area contributed by atoms with Crippen LogP contribution in [0, 0.1) is 5.82 Å². The smallest absolute Gasteiger partial charge is 0.140 e. The number of benzene rings is 1. The average molecular weight is 269 g/mol. The summed E-state index contributed by atoms with van der Waals surface area (Å²) in [5.74, 6) is 0.504. The van der Waals surface area contributed by atoms with Crippen molar-refractivity contribution in [3.8, 4) is 0 Å². The Bertz CT molecular complexity index is 541. The maximum atomic E-state index is 12.9. The van der Waals surface area contributed by atoms with Crippen molar-refractivity contribution in [2.45, 2.75) is 19.5 Å². The van der Waals surface area contributed by atoms with Gasteiger partial charge < -0.3 is 5.32 Å². The number of aromatic nitrogens is 3. The highest BCUT2D eigenvalue weighted by Crippen LogP contribution is 2.23. The lowest BCUT2D eigenvalue weighted by molar-refractivity contribution is 0.539. The third-order valence-electron chi connectivity index (χ3n) is 2.80. The second-order valence-corrected chi connectivity index (χ2v) is 4.48. The van der Waals surface area contributed by atoms with Gasteiger partial charge in [-0.3, -0.25) is 4.68 Å². The van der Waals surface area contributed by atoms with Crippen LogP contribution in [0.15, 0.2) is 24.5 Å². The minimum Gasteiger partial charge on any atom is -0.303 e. The van der Waals surface area contributed by atoms with Gasteiger partial charge in [-0.15, -0.1) is 0 Å². The van der Waals surface area contributed by atoms with Crippen LogP contribution in [0.4, 0.5) is 4.39 Å². The lowest BCUT2D eigenvalue weighted by atomic mass is 10.1. The number of nitrogens with zero attached hydrogens (tertiary/aromatic N) is 3. The van der Waals surface area contributed by atoms with Crippen molar-refractivity contribution in [3.05, 3.63) is 46.8 Å². The summed E-state index contributed by atoms with van der Waals surface area (Å²) in [5.41, 5.74) is 0.861. The lowest BCUT2D eigenvalue weighted by Gasteiger charge is -2.15. The van der Waals surface area contributed by atoms with Gasteiger partial charge in [-0.05, 0) is 24.6 Å². The normalized spacial score (nSPS) is 12.7. The zero-order valence-electron chi connectivity index (χ0n) is 10.2. The van der Waals surface area contributed by atoms with Crippen LogP contribution in [-0.4, -0.2) is 14.8 Å². The predicted molar refractivity (Wildman–Crippen MR) is 67.7 cm³/mol. The van der Waals surface area contributed by atoms with E-state index in [9.17, 15) is 4.39 Å². The highest BCUT2D eigenvalue weighted by molar-refractivity contribution is 6.31. The highest BCUT2D eigenvalue weighted by Gasteiger charge is 2.11. The molecule has 0 unspecified atom stereocenters. The third-order valence-corrected chi connectivity index (χ3v) is 3.13. The summed E-state index contributed by atoms with van der Waals surface area (Å²) in [5, 5.41) is 7.68. The zero-order chi connectivity index (χ0) is 13.1. The van der Waals surface area contributed by atoms with Crippen molar-refractivity contribution in [1.82, 2.24) is 20.1 Å². The van der Waals surface area contributed by atoms with Crippen molar-refractivity contribution in [2.24, 2.45) is 7.05 Å². The summed E-state index contributed by atoms with van der Waals surface area (Å²) in [4.78, 5) is 4.11. The molecule has 0 amide bonds. The van der Waals surface area contributed by atoms with E-state index in [1.54, 1.807) is 10.7 Å². The van der Waals surface area contributed by atoms with E-state index in [0.717, 1.165) is 11.4 Å². The molecule has 1 N–H and O–H groups in total. The Morgan fingerprint density at radius 3 is 2.89 bits per heavy atom. The Hall–Kier alpha value is -1.46. The first-order valence-electron chi connectivity index (χ1n) is 5.59. The number of rotatable bonds is 4. The van der Waals surface area contributed by atoms with E-state index in [-0.39, 0.29) is 11.9 Å². The number of nitrogens with one attached hydrogen (secondary N) is 1. The molecule has 0 saturated carbocycles. The summed E-state index contributed by atoms with van der Waals surface area (Å²) in [6.45, 7) is 2.54. The Kier molecular flexibility index (Phi) is 3.93. The summed E-state index contributed by atoms with van der Waals surface area (Å²) in [6.07, 6.45) is 1.51. The van der Waals surface area contributed by atoms with Crippen molar-refractivity contribution in [1.29, 1.82) is 0 Å². The first-order valence-corrected chi connectivity index (χ1v) is 5.97. The molecule has 6 heteroatoms. The number of aryl methyl sites for hydroxylation is 1. The summed E-state index contributed by atoms with van der Waals surface area (Å²) in [7, 11) is 1.83. The molecule has 2 aromatic rings. The van der Waals surface area contributed by atoms with E-state index in [1.807, 2.05) is 14.0 Å². The van der Waals surface area contributed by atoms with E-state index in [1.165, 1.54) is 18.5 Å². The fourth-order valence-electron chi connectivity index (χ4n) is 1.69. The highest BCUT2D eigenvalue weighted by atomic mass is 35.5. The molecule has 1 atom stereocenters. The van der Waals surface area contributed by atoms with Gasteiger partial charge in [-0.1, -0.05) is 17.7 Å². The molecule has 1 heterocycles. The Labute approximate surface area is 110 Å². The molecule has 0 fully saturated rings. The Balaban J connectivity index is 2.03. The molecule has 0 spiro atoms. The largest absolute Gasteiger partial charge is 0.303 e. The average Bonchev–Trinajstić information content (AvgIpc) is 2.72. The van der Waals surface area contributed by atoms with Crippen LogP contribution >= 0.6 is 11.6 Å². The molecule has 0 aliphatic heterocycles. The van der Waals surface area contributed by atoms with Crippen LogP contribution in [0.1, 0.15) is 24.4 Å². The van der Waals surface area contributed by atoms with Gasteiger partial charge in [0.2, 0.25) is 0 Å². The van der Waals surface area contributed by atoms with Gasteiger partial charge in [0.05, 0.1) is 6.54 Å². The number of hydrogen-bond donors (Lipinski definition) is 1. The molecule has 1 aromatic carbocycles. The monoisotopic (exact) mass is 268 g/mol. The van der Waals surface area contributed by atoms with E-state index in [4.69, 9.17) is 11.6 Å². The molecular weight excluding hydrogens is 255 g/mol. The van der Waals surface area contributed by atoms with Crippen LogP contribution < -0.4 is 5.32 Å². The Morgan fingerprint density at radius 1 is 1.50 bits per heavy atom. The first-order chi connectivity index (χ1) is 8.58. The molecule has 0 saturated heterocycles. The van der Waals surface area contributed by atoms with Crippen LogP contribution in [-0.2, 0) is 13.6 Å². The number of hydrogen-bond acceptors (Lipinski definition) is 3. The first kappa shape index (κ1) is 13.0. The number of halogens is 2. The molecule has 0 aliphatic carbocycles. The zero-order valence-corrected chi connectivity index (χ0v) is 10.9. The predicted octanol–water partition coefficient (Wildman–Crippen LogP) is 2.46. The molecule has 96 valence electrons. The molecule has 4 nitrogen and oxygen atoms in total. The van der Waals surface area contributed by atoms with Crippen LogP contribution in [0.5, 0.6) is 0 Å². The van der Waals surface area contributed by atoms with Gasteiger partial charge >= 0.3 is 0 Å². The Morgan fingerprint density at radius 2 is 2.28 bits per heavy atom. The van der Waals surface area contributed by atoms with Gasteiger partial charge in [-0.25, -0.2) is 9.37 Å². The van der Waals surface area contributed by atoms with Crippen LogP contribution in [0.2, 0.25) is 5.02 Å².